The van der Waals surface area contributed by atoms with Gasteiger partial charge in [-0.05, 0) is 36.6 Å². The van der Waals surface area contributed by atoms with E-state index in [2.05, 4.69) is 20.6 Å². The maximum absolute atomic E-state index is 12.0. The molecule has 5 heteroatoms. The fourth-order valence-electron chi connectivity index (χ4n) is 1.78. The van der Waals surface area contributed by atoms with Gasteiger partial charge in [-0.2, -0.15) is 0 Å². The predicted molar refractivity (Wildman–Crippen MR) is 83.7 cm³/mol. The summed E-state index contributed by atoms with van der Waals surface area (Å²) in [5.74, 6) is 0.636. The van der Waals surface area contributed by atoms with Gasteiger partial charge in [-0.1, -0.05) is 26.0 Å². The standard InChI is InChI=1S/C16H20N4O/c1-11(2)10-18-15(21)14-7-8-17-16(20-14)19-13-6-4-5-12(3)9-13/h4-9,11H,10H2,1-3H3,(H,18,21)(H,17,19,20). The number of hydrogen-bond donors (Lipinski definition) is 2. The van der Waals surface area contributed by atoms with Crippen LogP contribution >= 0.6 is 0 Å². The number of benzene rings is 1. The monoisotopic (exact) mass is 284 g/mol. The number of amides is 1. The molecule has 0 spiro atoms. The van der Waals surface area contributed by atoms with Crippen molar-refractivity contribution in [2.45, 2.75) is 20.8 Å². The van der Waals surface area contributed by atoms with Crippen LogP contribution in [0.1, 0.15) is 29.9 Å². The van der Waals surface area contributed by atoms with Crippen LogP contribution < -0.4 is 10.6 Å². The van der Waals surface area contributed by atoms with E-state index in [9.17, 15) is 4.79 Å². The Morgan fingerprint density at radius 2 is 2.10 bits per heavy atom. The molecule has 0 saturated heterocycles. The van der Waals surface area contributed by atoms with Crippen LogP contribution in [0.4, 0.5) is 11.6 Å². The summed E-state index contributed by atoms with van der Waals surface area (Å²) in [6, 6.07) is 9.51. The summed E-state index contributed by atoms with van der Waals surface area (Å²) in [5, 5.41) is 5.94. The first kappa shape index (κ1) is 15.0. The van der Waals surface area contributed by atoms with E-state index in [-0.39, 0.29) is 5.91 Å². The average Bonchev–Trinajstić information content (AvgIpc) is 2.45. The highest BCUT2D eigenvalue weighted by atomic mass is 16.1. The first-order chi connectivity index (χ1) is 10.0. The third-order valence-electron chi connectivity index (χ3n) is 2.83. The van der Waals surface area contributed by atoms with Gasteiger partial charge in [0.05, 0.1) is 0 Å². The first-order valence-corrected chi connectivity index (χ1v) is 6.99. The van der Waals surface area contributed by atoms with E-state index >= 15 is 0 Å². The lowest BCUT2D eigenvalue weighted by atomic mass is 10.2. The number of carbonyl (C=O) groups is 1. The maximum Gasteiger partial charge on any atom is 0.270 e. The molecule has 0 aliphatic carbocycles. The summed E-state index contributed by atoms with van der Waals surface area (Å²) in [7, 11) is 0. The quantitative estimate of drug-likeness (QED) is 0.886. The maximum atomic E-state index is 12.0. The number of nitrogens with zero attached hydrogens (tertiary/aromatic N) is 2. The predicted octanol–water partition coefficient (Wildman–Crippen LogP) is 2.91. The van der Waals surface area contributed by atoms with Crippen LogP contribution in [0.5, 0.6) is 0 Å². The van der Waals surface area contributed by atoms with Crippen molar-refractivity contribution in [3.05, 3.63) is 47.8 Å². The Morgan fingerprint density at radius 1 is 1.29 bits per heavy atom. The molecule has 2 rings (SSSR count). The lowest BCUT2D eigenvalue weighted by Gasteiger charge is -2.09. The molecule has 5 nitrogen and oxygen atoms in total. The number of carbonyl (C=O) groups excluding carboxylic acids is 1. The van der Waals surface area contributed by atoms with Gasteiger partial charge in [0.25, 0.3) is 5.91 Å². The Balaban J connectivity index is 2.08. The zero-order valence-electron chi connectivity index (χ0n) is 12.6. The van der Waals surface area contributed by atoms with Crippen LogP contribution in [-0.2, 0) is 0 Å². The van der Waals surface area contributed by atoms with Gasteiger partial charge in [-0.25, -0.2) is 9.97 Å². The van der Waals surface area contributed by atoms with Crippen LogP contribution in [0.2, 0.25) is 0 Å². The molecule has 0 aliphatic heterocycles. The zero-order chi connectivity index (χ0) is 15.2. The van der Waals surface area contributed by atoms with Crippen molar-refractivity contribution in [2.75, 3.05) is 11.9 Å². The van der Waals surface area contributed by atoms with E-state index in [4.69, 9.17) is 0 Å². The normalized spacial score (nSPS) is 10.5. The van der Waals surface area contributed by atoms with Crippen LogP contribution in [0.15, 0.2) is 36.5 Å². The fraction of sp³-hybridized carbons (Fsp3) is 0.312. The number of aryl methyl sites for hydroxylation is 1. The molecular weight excluding hydrogens is 264 g/mol. The van der Waals surface area contributed by atoms with Gasteiger partial charge < -0.3 is 10.6 Å². The minimum absolute atomic E-state index is 0.182. The van der Waals surface area contributed by atoms with Crippen molar-refractivity contribution < 1.29 is 4.79 Å². The van der Waals surface area contributed by atoms with Crippen LogP contribution in [0.25, 0.3) is 0 Å². The van der Waals surface area contributed by atoms with Gasteiger partial charge in [-0.3, -0.25) is 4.79 Å². The summed E-state index contributed by atoms with van der Waals surface area (Å²) in [6.07, 6.45) is 1.58. The third kappa shape index (κ3) is 4.56. The molecule has 0 bridgehead atoms. The molecule has 0 radical (unpaired) electrons. The molecule has 1 heterocycles. The lowest BCUT2D eigenvalue weighted by molar-refractivity contribution is 0.0944. The Hall–Kier alpha value is -2.43. The second-order valence-electron chi connectivity index (χ2n) is 5.36. The number of nitrogens with one attached hydrogen (secondary N) is 2. The van der Waals surface area contributed by atoms with Crippen molar-refractivity contribution in [1.29, 1.82) is 0 Å². The van der Waals surface area contributed by atoms with Gasteiger partial charge >= 0.3 is 0 Å². The molecule has 0 unspecified atom stereocenters. The molecule has 0 saturated carbocycles. The molecule has 1 amide bonds. The van der Waals surface area contributed by atoms with E-state index in [0.29, 0.717) is 24.1 Å². The molecule has 1 aromatic carbocycles. The van der Waals surface area contributed by atoms with E-state index < -0.39 is 0 Å². The highest BCUT2D eigenvalue weighted by Crippen LogP contribution is 2.14. The van der Waals surface area contributed by atoms with Gasteiger partial charge in [0.15, 0.2) is 0 Å². The minimum Gasteiger partial charge on any atom is -0.350 e. The summed E-state index contributed by atoms with van der Waals surface area (Å²) in [4.78, 5) is 20.4. The van der Waals surface area contributed by atoms with Crippen molar-refractivity contribution in [3.8, 4) is 0 Å². The molecule has 2 N–H and O–H groups in total. The molecule has 2 aromatic rings. The number of rotatable bonds is 5. The minimum atomic E-state index is -0.182. The molecule has 0 fully saturated rings. The van der Waals surface area contributed by atoms with Crippen molar-refractivity contribution in [3.63, 3.8) is 0 Å². The molecule has 0 atom stereocenters. The highest BCUT2D eigenvalue weighted by molar-refractivity contribution is 5.92. The molecule has 1 aromatic heterocycles. The van der Waals surface area contributed by atoms with E-state index in [1.807, 2.05) is 45.0 Å². The summed E-state index contributed by atoms with van der Waals surface area (Å²) < 4.78 is 0. The van der Waals surface area contributed by atoms with E-state index in [0.717, 1.165) is 11.3 Å². The Kier molecular flexibility index (Phi) is 4.87. The fourth-order valence-corrected chi connectivity index (χ4v) is 1.78. The third-order valence-corrected chi connectivity index (χ3v) is 2.83. The first-order valence-electron chi connectivity index (χ1n) is 6.99. The van der Waals surface area contributed by atoms with E-state index in [1.165, 1.54) is 0 Å². The van der Waals surface area contributed by atoms with Gasteiger partial charge in [-0.15, -0.1) is 0 Å². The van der Waals surface area contributed by atoms with Gasteiger partial charge in [0.2, 0.25) is 5.95 Å². The van der Waals surface area contributed by atoms with E-state index in [1.54, 1.807) is 12.3 Å². The Labute approximate surface area is 124 Å². The Bertz CT molecular complexity index is 625. The SMILES string of the molecule is Cc1cccc(Nc2nccc(C(=O)NCC(C)C)n2)c1. The Morgan fingerprint density at radius 3 is 2.81 bits per heavy atom. The second kappa shape index (κ2) is 6.83. The molecule has 110 valence electrons. The van der Waals surface area contributed by atoms with Crippen LogP contribution in [-0.4, -0.2) is 22.4 Å². The summed E-state index contributed by atoms with van der Waals surface area (Å²) in [5.41, 5.74) is 2.40. The topological polar surface area (TPSA) is 66.9 Å². The number of aromatic nitrogens is 2. The smallest absolute Gasteiger partial charge is 0.270 e. The highest BCUT2D eigenvalue weighted by Gasteiger charge is 2.09. The number of anilines is 2. The van der Waals surface area contributed by atoms with Gasteiger partial charge in [0.1, 0.15) is 5.69 Å². The largest absolute Gasteiger partial charge is 0.350 e. The zero-order valence-corrected chi connectivity index (χ0v) is 12.6. The summed E-state index contributed by atoms with van der Waals surface area (Å²) >= 11 is 0. The molecular formula is C16H20N4O. The lowest BCUT2D eigenvalue weighted by Crippen LogP contribution is -2.28. The van der Waals surface area contributed by atoms with Crippen molar-refractivity contribution in [1.82, 2.24) is 15.3 Å². The van der Waals surface area contributed by atoms with Crippen molar-refractivity contribution >= 4 is 17.5 Å². The summed E-state index contributed by atoms with van der Waals surface area (Å²) in [6.45, 7) is 6.74. The van der Waals surface area contributed by atoms with Crippen LogP contribution in [0, 0.1) is 12.8 Å². The molecule has 21 heavy (non-hydrogen) atoms. The average molecular weight is 284 g/mol. The molecule has 0 aliphatic rings. The van der Waals surface area contributed by atoms with Crippen LogP contribution in [0.3, 0.4) is 0 Å². The number of hydrogen-bond acceptors (Lipinski definition) is 4. The van der Waals surface area contributed by atoms with Gasteiger partial charge in [0, 0.05) is 18.4 Å². The second-order valence-corrected chi connectivity index (χ2v) is 5.36. The van der Waals surface area contributed by atoms with Crippen molar-refractivity contribution in [2.24, 2.45) is 5.92 Å².